The Kier molecular flexibility index (Phi) is 5.30. The highest BCUT2D eigenvalue weighted by molar-refractivity contribution is 7.84. The Morgan fingerprint density at radius 1 is 1.65 bits per heavy atom. The highest BCUT2D eigenvalue weighted by atomic mass is 32.2. The second-order valence-electron chi connectivity index (χ2n) is 3.54. The van der Waals surface area contributed by atoms with Gasteiger partial charge in [-0.1, -0.05) is 6.92 Å². The number of hydrogen-bond donors (Lipinski definition) is 2. The molecule has 1 rings (SSSR count). The summed E-state index contributed by atoms with van der Waals surface area (Å²) < 4.78 is 12.7. The van der Waals surface area contributed by atoms with Crippen molar-refractivity contribution in [1.82, 2.24) is 15.1 Å². The Morgan fingerprint density at radius 2 is 2.35 bits per heavy atom. The molecule has 0 aromatic carbocycles. The maximum absolute atomic E-state index is 11.2. The van der Waals surface area contributed by atoms with Crippen molar-refractivity contribution in [3.05, 3.63) is 17.5 Å². The van der Waals surface area contributed by atoms with Crippen molar-refractivity contribution in [2.45, 2.75) is 13.5 Å². The lowest BCUT2D eigenvalue weighted by atomic mass is 10.2. The minimum atomic E-state index is -0.980. The van der Waals surface area contributed by atoms with Gasteiger partial charge in [0.25, 0.3) is 0 Å². The summed E-state index contributed by atoms with van der Waals surface area (Å²) in [6.45, 7) is 2.89. The zero-order valence-corrected chi connectivity index (χ0v) is 10.8. The van der Waals surface area contributed by atoms with Gasteiger partial charge in [-0.05, 0) is 0 Å². The number of hydrogen-bond acceptors (Lipinski definition) is 4. The number of aryl methyl sites for hydroxylation is 1. The molecule has 0 bridgehead atoms. The van der Waals surface area contributed by atoms with Gasteiger partial charge in [-0.15, -0.1) is 0 Å². The second kappa shape index (κ2) is 6.51. The first-order chi connectivity index (χ1) is 8.06. The molecule has 1 aromatic heterocycles. The van der Waals surface area contributed by atoms with Gasteiger partial charge in [0.15, 0.2) is 0 Å². The molecule has 17 heavy (non-hydrogen) atoms. The lowest BCUT2D eigenvalue weighted by molar-refractivity contribution is 0.0695. The number of aromatic nitrogens is 2. The van der Waals surface area contributed by atoms with E-state index in [1.165, 1.54) is 10.9 Å². The Balaban J connectivity index is 2.49. The summed E-state index contributed by atoms with van der Waals surface area (Å²) in [6.07, 6.45) is 1.34. The molecule has 0 fully saturated rings. The van der Waals surface area contributed by atoms with E-state index in [0.29, 0.717) is 30.3 Å². The van der Waals surface area contributed by atoms with E-state index in [-0.39, 0.29) is 5.56 Å². The molecular formula is C10H17N3O3S. The number of carboxylic acid groups (broad SMARTS) is 1. The normalized spacial score (nSPS) is 12.6. The summed E-state index contributed by atoms with van der Waals surface area (Å²) in [7, 11) is 0.906. The van der Waals surface area contributed by atoms with Gasteiger partial charge in [0.05, 0.1) is 11.9 Å². The topological polar surface area (TPSA) is 84.2 Å². The van der Waals surface area contributed by atoms with Crippen LogP contribution in [0.5, 0.6) is 0 Å². The molecule has 0 aliphatic rings. The first-order valence-electron chi connectivity index (χ1n) is 5.36. The molecule has 0 aliphatic carbocycles. The summed E-state index contributed by atoms with van der Waals surface area (Å²) in [4.78, 5) is 10.9. The molecule has 6 nitrogen and oxygen atoms in total. The molecular weight excluding hydrogens is 242 g/mol. The number of nitrogens with zero attached hydrogens (tertiary/aromatic N) is 2. The molecule has 96 valence electrons. The van der Waals surface area contributed by atoms with E-state index in [1.807, 2.05) is 6.92 Å². The van der Waals surface area contributed by atoms with Crippen LogP contribution in [0.2, 0.25) is 0 Å². The van der Waals surface area contributed by atoms with Gasteiger partial charge in [0.2, 0.25) is 0 Å². The summed E-state index contributed by atoms with van der Waals surface area (Å²) in [5.74, 6) is 0.247. The maximum atomic E-state index is 11.2. The molecule has 2 N–H and O–H groups in total. The molecule has 1 unspecified atom stereocenters. The van der Waals surface area contributed by atoms with Gasteiger partial charge >= 0.3 is 5.97 Å². The van der Waals surface area contributed by atoms with Crippen molar-refractivity contribution in [3.63, 3.8) is 0 Å². The first-order valence-corrected chi connectivity index (χ1v) is 6.85. The fraction of sp³-hybridized carbons (Fsp3) is 0.600. The predicted octanol–water partition coefficient (Wildman–Crippen LogP) is -0.0235. The Morgan fingerprint density at radius 3 is 2.94 bits per heavy atom. The number of carboxylic acids is 1. The standard InChI is InChI=1S/C10H17N3O3S/c1-3-17(16)5-4-11-7-9-8(10(14)15)6-12-13(9)2/h6,11H,3-5,7H2,1-2H3,(H,14,15). The molecule has 1 atom stereocenters. The number of nitrogens with one attached hydrogen (secondary N) is 1. The van der Waals surface area contributed by atoms with Crippen LogP contribution >= 0.6 is 0 Å². The fourth-order valence-corrected chi connectivity index (χ4v) is 2.05. The van der Waals surface area contributed by atoms with Crippen molar-refractivity contribution in [1.29, 1.82) is 0 Å². The highest BCUT2D eigenvalue weighted by Crippen LogP contribution is 2.06. The summed E-state index contributed by atoms with van der Waals surface area (Å²) in [6, 6.07) is 0. The molecule has 1 aromatic rings. The maximum Gasteiger partial charge on any atom is 0.339 e. The zero-order chi connectivity index (χ0) is 12.8. The van der Waals surface area contributed by atoms with Gasteiger partial charge in [-0.2, -0.15) is 5.10 Å². The monoisotopic (exact) mass is 259 g/mol. The SMILES string of the molecule is CCS(=O)CCNCc1c(C(=O)O)cnn1C. The van der Waals surface area contributed by atoms with E-state index in [4.69, 9.17) is 5.11 Å². The van der Waals surface area contributed by atoms with E-state index in [1.54, 1.807) is 7.05 Å². The molecule has 0 aliphatic heterocycles. The van der Waals surface area contributed by atoms with E-state index in [0.717, 1.165) is 0 Å². The summed E-state index contributed by atoms with van der Waals surface area (Å²) >= 11 is 0. The third kappa shape index (κ3) is 3.94. The van der Waals surface area contributed by atoms with Crippen LogP contribution in [0, 0.1) is 0 Å². The largest absolute Gasteiger partial charge is 0.478 e. The zero-order valence-electron chi connectivity index (χ0n) is 9.97. The van der Waals surface area contributed by atoms with Crippen LogP contribution in [-0.2, 0) is 24.4 Å². The Labute approximate surface area is 102 Å². The van der Waals surface area contributed by atoms with Crippen LogP contribution in [0.15, 0.2) is 6.20 Å². The molecule has 0 amide bonds. The number of rotatable bonds is 7. The minimum absolute atomic E-state index is 0.205. The highest BCUT2D eigenvalue weighted by Gasteiger charge is 2.14. The third-order valence-electron chi connectivity index (χ3n) is 2.41. The van der Waals surface area contributed by atoms with Gasteiger partial charge in [-0.25, -0.2) is 4.79 Å². The van der Waals surface area contributed by atoms with Crippen molar-refractivity contribution >= 4 is 16.8 Å². The summed E-state index contributed by atoms with van der Waals surface area (Å²) in [5.41, 5.74) is 0.830. The number of carbonyl (C=O) groups is 1. The summed E-state index contributed by atoms with van der Waals surface area (Å²) in [5, 5.41) is 15.9. The lowest BCUT2D eigenvalue weighted by Crippen LogP contribution is -2.23. The van der Waals surface area contributed by atoms with Gasteiger partial charge in [0, 0.05) is 42.4 Å². The Hall–Kier alpha value is -1.21. The van der Waals surface area contributed by atoms with Crippen LogP contribution < -0.4 is 5.32 Å². The fourth-order valence-electron chi connectivity index (χ4n) is 1.39. The average molecular weight is 259 g/mol. The van der Waals surface area contributed by atoms with Crippen molar-refractivity contribution < 1.29 is 14.1 Å². The van der Waals surface area contributed by atoms with E-state index in [9.17, 15) is 9.00 Å². The minimum Gasteiger partial charge on any atom is -0.478 e. The van der Waals surface area contributed by atoms with Crippen LogP contribution in [0.3, 0.4) is 0 Å². The van der Waals surface area contributed by atoms with Gasteiger partial charge < -0.3 is 10.4 Å². The smallest absolute Gasteiger partial charge is 0.339 e. The molecule has 1 heterocycles. The lowest BCUT2D eigenvalue weighted by Gasteiger charge is -2.06. The first kappa shape index (κ1) is 13.9. The molecule has 0 spiro atoms. The Bertz CT molecular complexity index is 417. The predicted molar refractivity (Wildman–Crippen MR) is 65.4 cm³/mol. The van der Waals surface area contributed by atoms with Crippen molar-refractivity contribution in [2.75, 3.05) is 18.1 Å². The molecule has 0 radical (unpaired) electrons. The quantitative estimate of drug-likeness (QED) is 0.672. The van der Waals surface area contributed by atoms with E-state index >= 15 is 0 Å². The van der Waals surface area contributed by atoms with Crippen LogP contribution in [-0.4, -0.2) is 43.1 Å². The van der Waals surface area contributed by atoms with Crippen LogP contribution in [0.4, 0.5) is 0 Å². The van der Waals surface area contributed by atoms with E-state index in [2.05, 4.69) is 10.4 Å². The van der Waals surface area contributed by atoms with Crippen LogP contribution in [0.1, 0.15) is 23.0 Å². The van der Waals surface area contributed by atoms with E-state index < -0.39 is 16.8 Å². The molecule has 7 heteroatoms. The van der Waals surface area contributed by atoms with Gasteiger partial charge in [-0.3, -0.25) is 8.89 Å². The van der Waals surface area contributed by atoms with Crippen LogP contribution in [0.25, 0.3) is 0 Å². The van der Waals surface area contributed by atoms with Crippen molar-refractivity contribution in [2.24, 2.45) is 7.05 Å². The third-order valence-corrected chi connectivity index (χ3v) is 3.72. The molecule has 0 saturated heterocycles. The second-order valence-corrected chi connectivity index (χ2v) is 5.41. The van der Waals surface area contributed by atoms with Gasteiger partial charge in [0.1, 0.15) is 5.56 Å². The molecule has 0 saturated carbocycles. The van der Waals surface area contributed by atoms with Crippen molar-refractivity contribution in [3.8, 4) is 0 Å². The number of aromatic carboxylic acids is 1. The average Bonchev–Trinajstić information content (AvgIpc) is 2.66.